The van der Waals surface area contributed by atoms with Crippen molar-refractivity contribution in [2.24, 2.45) is 0 Å². The number of nitrogen functional groups attached to an aromatic ring is 1. The molecule has 0 atom stereocenters. The molecule has 0 radical (unpaired) electrons. The smallest absolute Gasteiger partial charge is 0.306 e. The van der Waals surface area contributed by atoms with Gasteiger partial charge in [-0.2, -0.15) is 0 Å². The first-order chi connectivity index (χ1) is 8.81. The number of aromatic amines is 1. The second kappa shape index (κ2) is 4.71. The summed E-state index contributed by atoms with van der Waals surface area (Å²) in [5.41, 5.74) is 7.59. The molecule has 2 rings (SSSR count). The van der Waals surface area contributed by atoms with Crippen molar-refractivity contribution in [2.45, 2.75) is 18.1 Å². The first-order valence-electron chi connectivity index (χ1n) is 5.39. The Hall–Kier alpha value is -1.80. The van der Waals surface area contributed by atoms with Gasteiger partial charge >= 0.3 is 4.87 Å². The molecule has 0 bridgehead atoms. The molecule has 0 aliphatic heterocycles. The third kappa shape index (κ3) is 2.64. The molecular weight excluding hydrogens is 286 g/mol. The van der Waals surface area contributed by atoms with Crippen molar-refractivity contribution in [3.05, 3.63) is 39.1 Å². The number of rotatable bonds is 3. The Morgan fingerprint density at radius 1 is 1.32 bits per heavy atom. The first kappa shape index (κ1) is 13.6. The molecule has 1 heterocycles. The average Bonchev–Trinajstić information content (AvgIpc) is 2.65. The van der Waals surface area contributed by atoms with Crippen LogP contribution in [0.1, 0.15) is 11.3 Å². The molecule has 0 saturated heterocycles. The largest absolute Gasteiger partial charge is 0.398 e. The predicted octanol–water partition coefficient (Wildman–Crippen LogP) is 1.44. The summed E-state index contributed by atoms with van der Waals surface area (Å²) in [5.74, 6) is 0. The maximum absolute atomic E-state index is 12.2. The Morgan fingerprint density at radius 3 is 2.58 bits per heavy atom. The molecule has 1 aromatic carbocycles. The van der Waals surface area contributed by atoms with Crippen LogP contribution >= 0.6 is 11.3 Å². The molecule has 0 aliphatic carbocycles. The van der Waals surface area contributed by atoms with Crippen molar-refractivity contribution in [2.75, 3.05) is 10.5 Å². The minimum atomic E-state index is -3.78. The number of H-pyrrole nitrogens is 1. The van der Waals surface area contributed by atoms with Crippen LogP contribution in [0, 0.1) is 13.8 Å². The molecule has 1 aromatic heterocycles. The summed E-state index contributed by atoms with van der Waals surface area (Å²) >= 11 is 0.658. The van der Waals surface area contributed by atoms with E-state index >= 15 is 0 Å². The third-order valence-electron chi connectivity index (χ3n) is 2.65. The molecule has 0 saturated carbocycles. The second-order valence-electron chi connectivity index (χ2n) is 4.05. The van der Waals surface area contributed by atoms with Crippen molar-refractivity contribution in [1.82, 2.24) is 4.98 Å². The average molecular weight is 299 g/mol. The number of thiazole rings is 1. The van der Waals surface area contributed by atoms with E-state index in [1.165, 1.54) is 0 Å². The van der Waals surface area contributed by atoms with Crippen LogP contribution in [0.3, 0.4) is 0 Å². The van der Waals surface area contributed by atoms with Crippen LogP contribution in [0.15, 0.2) is 27.2 Å². The minimum absolute atomic E-state index is 0.0145. The van der Waals surface area contributed by atoms with Crippen LogP contribution < -0.4 is 15.3 Å². The molecule has 4 N–H and O–H groups in total. The molecule has 0 aliphatic rings. The predicted molar refractivity (Wildman–Crippen MR) is 76.1 cm³/mol. The van der Waals surface area contributed by atoms with Crippen LogP contribution in [0.2, 0.25) is 0 Å². The summed E-state index contributed by atoms with van der Waals surface area (Å²) in [5, 5.41) is 0. The lowest BCUT2D eigenvalue weighted by Gasteiger charge is -2.11. The number of nitrogens with one attached hydrogen (secondary N) is 2. The summed E-state index contributed by atoms with van der Waals surface area (Å²) < 4.78 is 26.8. The van der Waals surface area contributed by atoms with Crippen LogP contribution in [0.5, 0.6) is 0 Å². The Bertz CT molecular complexity index is 775. The van der Waals surface area contributed by atoms with Gasteiger partial charge in [-0.3, -0.25) is 9.52 Å². The summed E-state index contributed by atoms with van der Waals surface area (Å²) in [6.45, 7) is 3.26. The summed E-state index contributed by atoms with van der Waals surface area (Å²) in [6.07, 6.45) is 0. The maximum Gasteiger partial charge on any atom is 0.306 e. The van der Waals surface area contributed by atoms with Gasteiger partial charge in [0, 0.05) is 11.4 Å². The van der Waals surface area contributed by atoms with Gasteiger partial charge in [-0.05, 0) is 31.5 Å². The number of nitrogens with two attached hydrogens (primary N) is 1. The summed E-state index contributed by atoms with van der Waals surface area (Å²) in [6, 6.07) is 4.97. The Balaban J connectivity index is 2.45. The molecule has 0 fully saturated rings. The van der Waals surface area contributed by atoms with Gasteiger partial charge in [-0.25, -0.2) is 8.42 Å². The third-order valence-corrected chi connectivity index (χ3v) is 5.62. The highest BCUT2D eigenvalue weighted by Gasteiger charge is 2.21. The number of benzene rings is 1. The fourth-order valence-electron chi connectivity index (χ4n) is 1.60. The van der Waals surface area contributed by atoms with E-state index in [1.807, 2.05) is 0 Å². The van der Waals surface area contributed by atoms with Gasteiger partial charge in [0.2, 0.25) is 0 Å². The van der Waals surface area contributed by atoms with Gasteiger partial charge in [0.05, 0.1) is 5.69 Å². The van der Waals surface area contributed by atoms with Crippen molar-refractivity contribution in [3.63, 3.8) is 0 Å². The number of sulfonamides is 1. The molecule has 0 unspecified atom stereocenters. The molecule has 102 valence electrons. The van der Waals surface area contributed by atoms with E-state index in [2.05, 4.69) is 9.71 Å². The number of hydrogen-bond donors (Lipinski definition) is 3. The number of anilines is 2. The van der Waals surface area contributed by atoms with E-state index in [9.17, 15) is 13.2 Å². The highest BCUT2D eigenvalue weighted by atomic mass is 32.2. The molecule has 2 aromatic rings. The lowest BCUT2D eigenvalue weighted by Crippen LogP contribution is -2.14. The van der Waals surface area contributed by atoms with Gasteiger partial charge in [-0.15, -0.1) is 0 Å². The normalized spacial score (nSPS) is 11.5. The van der Waals surface area contributed by atoms with Gasteiger partial charge in [0.25, 0.3) is 10.0 Å². The Kier molecular flexibility index (Phi) is 3.38. The van der Waals surface area contributed by atoms with Crippen molar-refractivity contribution >= 4 is 32.7 Å². The number of aromatic nitrogens is 1. The highest BCUT2D eigenvalue weighted by molar-refractivity contribution is 7.94. The maximum atomic E-state index is 12.2. The quantitative estimate of drug-likeness (QED) is 0.746. The van der Waals surface area contributed by atoms with E-state index in [-0.39, 0.29) is 4.21 Å². The van der Waals surface area contributed by atoms with Crippen molar-refractivity contribution in [3.8, 4) is 0 Å². The molecule has 0 amide bonds. The van der Waals surface area contributed by atoms with Crippen molar-refractivity contribution < 1.29 is 8.42 Å². The Labute approximate surface area is 114 Å². The molecule has 19 heavy (non-hydrogen) atoms. The van der Waals surface area contributed by atoms with Gasteiger partial charge < -0.3 is 10.7 Å². The van der Waals surface area contributed by atoms with Crippen LogP contribution in [-0.4, -0.2) is 13.4 Å². The lowest BCUT2D eigenvalue weighted by molar-refractivity contribution is 0.602. The minimum Gasteiger partial charge on any atom is -0.398 e. The van der Waals surface area contributed by atoms with Crippen molar-refractivity contribution in [1.29, 1.82) is 0 Å². The van der Waals surface area contributed by atoms with Gasteiger partial charge in [0.1, 0.15) is 0 Å². The zero-order valence-corrected chi connectivity index (χ0v) is 12.0. The first-order valence-corrected chi connectivity index (χ1v) is 7.69. The highest BCUT2D eigenvalue weighted by Crippen LogP contribution is 2.25. The standard InChI is InChI=1S/C11H13N3O3S2/c1-6-8(12)4-3-5-9(6)14-19(16,17)10-7(2)13-11(15)18-10/h3-5,14H,12H2,1-2H3,(H,13,15). The topological polar surface area (TPSA) is 105 Å². The lowest BCUT2D eigenvalue weighted by atomic mass is 10.2. The van der Waals surface area contributed by atoms with Gasteiger partial charge in [0.15, 0.2) is 4.21 Å². The SMILES string of the molecule is Cc1[nH]c(=O)sc1S(=O)(=O)Nc1cccc(N)c1C. The zero-order valence-electron chi connectivity index (χ0n) is 10.4. The zero-order chi connectivity index (χ0) is 14.2. The Morgan fingerprint density at radius 2 is 2.00 bits per heavy atom. The fourth-order valence-corrected chi connectivity index (χ4v) is 4.03. The monoisotopic (exact) mass is 299 g/mol. The van der Waals surface area contributed by atoms with E-state index in [1.54, 1.807) is 32.0 Å². The molecular formula is C11H13N3O3S2. The second-order valence-corrected chi connectivity index (χ2v) is 6.91. The van der Waals surface area contributed by atoms with Gasteiger partial charge in [-0.1, -0.05) is 17.4 Å². The number of hydrogen-bond acceptors (Lipinski definition) is 5. The summed E-state index contributed by atoms with van der Waals surface area (Å²) in [4.78, 5) is 13.2. The molecule has 6 nitrogen and oxygen atoms in total. The number of aryl methyl sites for hydroxylation is 1. The van der Waals surface area contributed by atoms with Crippen LogP contribution in [0.25, 0.3) is 0 Å². The van der Waals surface area contributed by atoms with E-state index < -0.39 is 14.9 Å². The molecule has 0 spiro atoms. The van der Waals surface area contributed by atoms with E-state index in [0.29, 0.717) is 34.0 Å². The van der Waals surface area contributed by atoms with E-state index in [4.69, 9.17) is 5.73 Å². The van der Waals surface area contributed by atoms with Crippen LogP contribution in [0.4, 0.5) is 11.4 Å². The molecule has 8 heteroatoms. The van der Waals surface area contributed by atoms with E-state index in [0.717, 1.165) is 0 Å². The fraction of sp³-hybridized carbons (Fsp3) is 0.182. The van der Waals surface area contributed by atoms with Crippen LogP contribution in [-0.2, 0) is 10.0 Å². The summed E-state index contributed by atoms with van der Waals surface area (Å²) in [7, 11) is -3.78.